The third kappa shape index (κ3) is 2.89. The first-order valence-corrected chi connectivity index (χ1v) is 6.95. The van der Waals surface area contributed by atoms with Gasteiger partial charge in [0.05, 0.1) is 0 Å². The second-order valence-corrected chi connectivity index (χ2v) is 5.01. The van der Waals surface area contributed by atoms with Crippen LogP contribution in [-0.4, -0.2) is 5.91 Å². The summed E-state index contributed by atoms with van der Waals surface area (Å²) in [6.07, 6.45) is 0.803. The lowest BCUT2D eigenvalue weighted by Crippen LogP contribution is -2.25. The fraction of sp³-hybridized carbons (Fsp3) is 0.294. The number of hydrogen-bond acceptors (Lipinski definition) is 3. The van der Waals surface area contributed by atoms with Crippen molar-refractivity contribution in [3.63, 3.8) is 0 Å². The molecule has 1 heterocycles. The number of rotatable bonds is 3. The first-order valence-electron chi connectivity index (χ1n) is 6.95. The first kappa shape index (κ1) is 15.0. The Hall–Kier alpha value is -2.36. The summed E-state index contributed by atoms with van der Waals surface area (Å²) < 4.78 is 5.47. The van der Waals surface area contributed by atoms with Crippen LogP contribution in [0.2, 0.25) is 0 Å². The molecule has 0 unspecified atom stereocenters. The fourth-order valence-corrected chi connectivity index (χ4v) is 2.26. The van der Waals surface area contributed by atoms with E-state index in [1.807, 2.05) is 31.2 Å². The molecule has 0 fully saturated rings. The molecule has 2 aromatic rings. The van der Waals surface area contributed by atoms with E-state index in [9.17, 15) is 9.59 Å². The van der Waals surface area contributed by atoms with E-state index in [1.54, 1.807) is 20.8 Å². The summed E-state index contributed by atoms with van der Waals surface area (Å²) in [6, 6.07) is 7.55. The highest BCUT2D eigenvalue weighted by molar-refractivity contribution is 6.05. The van der Waals surface area contributed by atoms with Crippen molar-refractivity contribution in [1.82, 2.24) is 0 Å². The highest BCUT2D eigenvalue weighted by Gasteiger charge is 2.19. The molecule has 1 aromatic carbocycles. The van der Waals surface area contributed by atoms with Crippen molar-refractivity contribution in [2.75, 3.05) is 5.32 Å². The average Bonchev–Trinajstić information content (AvgIpc) is 2.45. The van der Waals surface area contributed by atoms with Crippen molar-refractivity contribution >= 4 is 11.6 Å². The number of para-hydroxylation sites is 1. The van der Waals surface area contributed by atoms with E-state index < -0.39 is 5.91 Å². The summed E-state index contributed by atoms with van der Waals surface area (Å²) in [5.74, 6) is 0.461. The zero-order chi connectivity index (χ0) is 15.6. The first-order chi connectivity index (χ1) is 9.95. The monoisotopic (exact) mass is 285 g/mol. The summed E-state index contributed by atoms with van der Waals surface area (Å²) in [4.78, 5) is 24.7. The van der Waals surface area contributed by atoms with Crippen LogP contribution in [0.5, 0.6) is 0 Å². The van der Waals surface area contributed by atoms with Gasteiger partial charge < -0.3 is 9.73 Å². The molecule has 2 rings (SSSR count). The molecule has 4 heteroatoms. The Balaban J connectivity index is 2.42. The van der Waals surface area contributed by atoms with Gasteiger partial charge in [0, 0.05) is 11.3 Å². The number of hydrogen-bond donors (Lipinski definition) is 1. The molecule has 4 nitrogen and oxygen atoms in total. The van der Waals surface area contributed by atoms with E-state index in [2.05, 4.69) is 5.32 Å². The minimum atomic E-state index is -0.426. The molecule has 1 amide bonds. The van der Waals surface area contributed by atoms with E-state index >= 15 is 0 Å². The van der Waals surface area contributed by atoms with Crippen LogP contribution in [0.15, 0.2) is 33.5 Å². The van der Waals surface area contributed by atoms with Crippen LogP contribution in [0.4, 0.5) is 5.69 Å². The van der Waals surface area contributed by atoms with Crippen molar-refractivity contribution in [3.8, 4) is 0 Å². The molecule has 110 valence electrons. The molecule has 0 aliphatic carbocycles. The predicted octanol–water partition coefficient (Wildman–Crippen LogP) is 3.38. The zero-order valence-electron chi connectivity index (χ0n) is 12.7. The molecular weight excluding hydrogens is 266 g/mol. The number of nitrogens with one attached hydrogen (secondary N) is 1. The summed E-state index contributed by atoms with van der Waals surface area (Å²) in [6.45, 7) is 7.03. The average molecular weight is 285 g/mol. The largest absolute Gasteiger partial charge is 0.465 e. The highest BCUT2D eigenvalue weighted by Crippen LogP contribution is 2.17. The number of anilines is 1. The molecule has 0 spiro atoms. The smallest absolute Gasteiger partial charge is 0.263 e. The summed E-state index contributed by atoms with van der Waals surface area (Å²) in [5, 5.41) is 2.81. The van der Waals surface area contributed by atoms with E-state index in [0.29, 0.717) is 17.1 Å². The third-order valence-electron chi connectivity index (χ3n) is 3.63. The Kier molecular flexibility index (Phi) is 4.26. The van der Waals surface area contributed by atoms with Gasteiger partial charge in [0.15, 0.2) is 0 Å². The Labute approximate surface area is 123 Å². The maximum Gasteiger partial charge on any atom is 0.263 e. The number of amides is 1. The Morgan fingerprint density at radius 1 is 1.14 bits per heavy atom. The van der Waals surface area contributed by atoms with Crippen molar-refractivity contribution in [1.29, 1.82) is 0 Å². The minimum absolute atomic E-state index is 0.0732. The molecule has 0 saturated carbocycles. The number of aryl methyl sites for hydroxylation is 3. The van der Waals surface area contributed by atoms with Gasteiger partial charge in [-0.05, 0) is 38.8 Å². The zero-order valence-corrected chi connectivity index (χ0v) is 12.7. The molecule has 0 aliphatic heterocycles. The highest BCUT2D eigenvalue weighted by atomic mass is 16.3. The van der Waals surface area contributed by atoms with E-state index in [4.69, 9.17) is 4.42 Å². The van der Waals surface area contributed by atoms with E-state index in [1.165, 1.54) is 0 Å². The summed E-state index contributed by atoms with van der Waals surface area (Å²) in [5.41, 5.74) is 2.01. The lowest BCUT2D eigenvalue weighted by Gasteiger charge is -2.11. The van der Waals surface area contributed by atoms with Crippen LogP contribution in [0.3, 0.4) is 0 Å². The van der Waals surface area contributed by atoms with Crippen molar-refractivity contribution in [2.45, 2.75) is 34.1 Å². The number of benzene rings is 1. The van der Waals surface area contributed by atoms with Gasteiger partial charge in [0.25, 0.3) is 5.91 Å². The molecule has 21 heavy (non-hydrogen) atoms. The molecular formula is C17H19NO3. The van der Waals surface area contributed by atoms with Gasteiger partial charge in [-0.15, -0.1) is 0 Å². The SMILES string of the molecule is CCc1ccccc1NC(=O)c1c(C)oc(C)c(C)c1=O. The van der Waals surface area contributed by atoms with E-state index in [0.717, 1.165) is 17.7 Å². The van der Waals surface area contributed by atoms with Gasteiger partial charge in [-0.2, -0.15) is 0 Å². The molecule has 0 saturated heterocycles. The van der Waals surface area contributed by atoms with Crippen LogP contribution < -0.4 is 10.7 Å². The van der Waals surface area contributed by atoms with Crippen LogP contribution in [0.1, 0.15) is 39.9 Å². The van der Waals surface area contributed by atoms with Gasteiger partial charge in [0.1, 0.15) is 17.1 Å². The Morgan fingerprint density at radius 2 is 1.81 bits per heavy atom. The van der Waals surface area contributed by atoms with Gasteiger partial charge in [-0.3, -0.25) is 9.59 Å². The van der Waals surface area contributed by atoms with Crippen LogP contribution in [0, 0.1) is 20.8 Å². The normalized spacial score (nSPS) is 10.5. The maximum absolute atomic E-state index is 12.4. The number of carbonyl (C=O) groups is 1. The van der Waals surface area contributed by atoms with Gasteiger partial charge in [-0.25, -0.2) is 0 Å². The molecule has 0 aliphatic rings. The lowest BCUT2D eigenvalue weighted by atomic mass is 10.1. The van der Waals surface area contributed by atoms with Crippen molar-refractivity contribution in [3.05, 3.63) is 62.7 Å². The van der Waals surface area contributed by atoms with Gasteiger partial charge in [-0.1, -0.05) is 25.1 Å². The second-order valence-electron chi connectivity index (χ2n) is 5.01. The molecule has 1 N–H and O–H groups in total. The lowest BCUT2D eigenvalue weighted by molar-refractivity contribution is 0.102. The molecule has 0 atom stereocenters. The fourth-order valence-electron chi connectivity index (χ4n) is 2.26. The van der Waals surface area contributed by atoms with Gasteiger partial charge >= 0.3 is 0 Å². The Morgan fingerprint density at radius 3 is 2.48 bits per heavy atom. The van der Waals surface area contributed by atoms with Crippen molar-refractivity contribution in [2.24, 2.45) is 0 Å². The second kappa shape index (κ2) is 5.95. The summed E-state index contributed by atoms with van der Waals surface area (Å²) >= 11 is 0. The topological polar surface area (TPSA) is 59.3 Å². The van der Waals surface area contributed by atoms with Crippen LogP contribution >= 0.6 is 0 Å². The quantitative estimate of drug-likeness (QED) is 0.940. The standard InChI is InChI=1S/C17H19NO3/c1-5-13-8-6-7-9-14(13)18-17(20)15-12(4)21-11(3)10(2)16(15)19/h6-9H,5H2,1-4H3,(H,18,20). The van der Waals surface area contributed by atoms with Crippen LogP contribution in [0.25, 0.3) is 0 Å². The summed E-state index contributed by atoms with van der Waals surface area (Å²) in [7, 11) is 0. The maximum atomic E-state index is 12.4. The number of carbonyl (C=O) groups excluding carboxylic acids is 1. The Bertz CT molecular complexity index is 744. The minimum Gasteiger partial charge on any atom is -0.465 e. The van der Waals surface area contributed by atoms with Crippen LogP contribution in [-0.2, 0) is 6.42 Å². The predicted molar refractivity (Wildman–Crippen MR) is 83.0 cm³/mol. The molecule has 1 aromatic heterocycles. The van der Waals surface area contributed by atoms with Crippen molar-refractivity contribution < 1.29 is 9.21 Å². The molecule has 0 bridgehead atoms. The molecule has 0 radical (unpaired) electrons. The van der Waals surface area contributed by atoms with Gasteiger partial charge in [0.2, 0.25) is 5.43 Å². The third-order valence-corrected chi connectivity index (χ3v) is 3.63. The van der Waals surface area contributed by atoms with E-state index in [-0.39, 0.29) is 11.0 Å².